The van der Waals surface area contributed by atoms with Gasteiger partial charge < -0.3 is 5.11 Å². The third-order valence-electron chi connectivity index (χ3n) is 7.05. The predicted molar refractivity (Wildman–Crippen MR) is 75.9 cm³/mol. The fourth-order valence-electron chi connectivity index (χ4n) is 6.06. The van der Waals surface area contributed by atoms with Crippen molar-refractivity contribution in [2.75, 3.05) is 0 Å². The molecule has 0 saturated heterocycles. The van der Waals surface area contributed by atoms with Gasteiger partial charge in [-0.05, 0) is 62.2 Å². The van der Waals surface area contributed by atoms with Crippen LogP contribution in [0.15, 0.2) is 0 Å². The summed E-state index contributed by atoms with van der Waals surface area (Å²) in [5.41, 5.74) is -0.163. The first-order valence-corrected chi connectivity index (χ1v) is 8.22. The van der Waals surface area contributed by atoms with Crippen LogP contribution in [0.5, 0.6) is 0 Å². The molecule has 0 spiro atoms. The summed E-state index contributed by atoms with van der Waals surface area (Å²) in [7, 11) is 0. The molecule has 2 heteroatoms. The third kappa shape index (κ3) is 1.86. The van der Waals surface area contributed by atoms with Crippen LogP contribution >= 0.6 is 0 Å². The van der Waals surface area contributed by atoms with E-state index in [-0.39, 0.29) is 0 Å². The van der Waals surface area contributed by atoms with Crippen molar-refractivity contribution in [2.24, 2.45) is 28.6 Å². The predicted octanol–water partition coefficient (Wildman–Crippen LogP) is 4.48. The molecule has 0 heterocycles. The molecule has 3 saturated carbocycles. The molecule has 3 rings (SSSR count). The molecule has 3 aliphatic rings. The van der Waals surface area contributed by atoms with Crippen LogP contribution in [-0.4, -0.2) is 11.1 Å². The van der Waals surface area contributed by atoms with E-state index < -0.39 is 11.4 Å². The van der Waals surface area contributed by atoms with E-state index in [0.29, 0.717) is 11.3 Å². The smallest absolute Gasteiger partial charge is 0.309 e. The number of hydrogen-bond acceptors (Lipinski definition) is 1. The SMILES string of the molecule is C[C@]12CCC[C@](C)(C(=O)O)[C@@H]1CC[C@H]1CCCC[C@@H]12. The molecule has 5 atom stereocenters. The summed E-state index contributed by atoms with van der Waals surface area (Å²) in [6, 6.07) is 0. The first kappa shape index (κ1) is 13.5. The minimum absolute atomic E-state index is 0.300. The Hall–Kier alpha value is -0.530. The summed E-state index contributed by atoms with van der Waals surface area (Å²) >= 11 is 0. The Morgan fingerprint density at radius 3 is 2.47 bits per heavy atom. The largest absolute Gasteiger partial charge is 0.481 e. The van der Waals surface area contributed by atoms with Crippen LogP contribution in [0.2, 0.25) is 0 Å². The Balaban J connectivity index is 1.94. The third-order valence-corrected chi connectivity index (χ3v) is 7.05. The van der Waals surface area contributed by atoms with Crippen molar-refractivity contribution in [3.63, 3.8) is 0 Å². The Labute approximate surface area is 117 Å². The molecule has 0 aromatic heterocycles. The molecular formula is C17H28O2. The highest BCUT2D eigenvalue weighted by Crippen LogP contribution is 2.63. The zero-order valence-electron chi connectivity index (χ0n) is 12.5. The van der Waals surface area contributed by atoms with Gasteiger partial charge in [0.15, 0.2) is 0 Å². The standard InChI is InChI=1S/C17H28O2/c1-16-10-5-11-17(2,15(18)19)14(16)9-8-12-6-3-4-7-13(12)16/h12-14H,3-11H2,1-2H3,(H,18,19)/t12-,13+,14-,16-,17+/m1/s1. The normalized spacial score (nSPS) is 50.1. The summed E-state index contributed by atoms with van der Waals surface area (Å²) in [6.45, 7) is 4.46. The second-order valence-electron chi connectivity index (χ2n) is 7.86. The van der Waals surface area contributed by atoms with Gasteiger partial charge in [-0.1, -0.05) is 32.6 Å². The average Bonchev–Trinajstić information content (AvgIpc) is 2.38. The highest BCUT2D eigenvalue weighted by Gasteiger charge is 2.58. The molecule has 0 aliphatic heterocycles. The van der Waals surface area contributed by atoms with Crippen molar-refractivity contribution in [3.8, 4) is 0 Å². The summed E-state index contributed by atoms with van der Waals surface area (Å²) in [5.74, 6) is 1.56. The van der Waals surface area contributed by atoms with Gasteiger partial charge in [0, 0.05) is 0 Å². The number of carboxylic acid groups (broad SMARTS) is 1. The fourth-order valence-corrected chi connectivity index (χ4v) is 6.06. The number of hydrogen-bond donors (Lipinski definition) is 1. The van der Waals surface area contributed by atoms with Gasteiger partial charge in [-0.25, -0.2) is 0 Å². The molecule has 19 heavy (non-hydrogen) atoms. The molecule has 0 unspecified atom stereocenters. The van der Waals surface area contributed by atoms with Crippen LogP contribution < -0.4 is 0 Å². The summed E-state index contributed by atoms with van der Waals surface area (Å²) in [6.07, 6.45) is 11.2. The van der Waals surface area contributed by atoms with Gasteiger partial charge in [-0.15, -0.1) is 0 Å². The average molecular weight is 264 g/mol. The second kappa shape index (κ2) is 4.49. The van der Waals surface area contributed by atoms with Crippen LogP contribution in [-0.2, 0) is 4.79 Å². The number of fused-ring (bicyclic) bond motifs is 3. The fraction of sp³-hybridized carbons (Fsp3) is 0.941. The van der Waals surface area contributed by atoms with Gasteiger partial charge in [0.05, 0.1) is 5.41 Å². The quantitative estimate of drug-likeness (QED) is 0.758. The van der Waals surface area contributed by atoms with Crippen LogP contribution in [0.4, 0.5) is 0 Å². The van der Waals surface area contributed by atoms with E-state index >= 15 is 0 Å². The minimum Gasteiger partial charge on any atom is -0.481 e. The molecule has 0 radical (unpaired) electrons. The molecule has 0 amide bonds. The molecule has 1 N–H and O–H groups in total. The molecule has 3 fully saturated rings. The Bertz CT molecular complexity index is 377. The van der Waals surface area contributed by atoms with Gasteiger partial charge in [-0.2, -0.15) is 0 Å². The van der Waals surface area contributed by atoms with Crippen molar-refractivity contribution in [2.45, 2.75) is 71.6 Å². The number of carboxylic acids is 1. The van der Waals surface area contributed by atoms with Gasteiger partial charge in [0.25, 0.3) is 0 Å². The van der Waals surface area contributed by atoms with E-state index in [0.717, 1.165) is 31.1 Å². The van der Waals surface area contributed by atoms with Crippen LogP contribution in [0, 0.1) is 28.6 Å². The lowest BCUT2D eigenvalue weighted by Gasteiger charge is -2.60. The topological polar surface area (TPSA) is 37.3 Å². The Morgan fingerprint density at radius 2 is 1.74 bits per heavy atom. The lowest BCUT2D eigenvalue weighted by Crippen LogP contribution is -2.55. The van der Waals surface area contributed by atoms with Gasteiger partial charge in [0.2, 0.25) is 0 Å². The molecule has 0 aromatic carbocycles. The van der Waals surface area contributed by atoms with Crippen molar-refractivity contribution in [1.29, 1.82) is 0 Å². The van der Waals surface area contributed by atoms with Gasteiger partial charge >= 0.3 is 5.97 Å². The van der Waals surface area contributed by atoms with Gasteiger partial charge in [-0.3, -0.25) is 4.79 Å². The van der Waals surface area contributed by atoms with E-state index in [1.807, 2.05) is 6.92 Å². The van der Waals surface area contributed by atoms with E-state index in [1.54, 1.807) is 0 Å². The van der Waals surface area contributed by atoms with Crippen LogP contribution in [0.1, 0.15) is 71.6 Å². The molecular weight excluding hydrogens is 236 g/mol. The summed E-state index contributed by atoms with van der Waals surface area (Å²) in [4.78, 5) is 11.8. The molecule has 0 bridgehead atoms. The number of carbonyl (C=O) groups is 1. The van der Waals surface area contributed by atoms with E-state index in [1.165, 1.54) is 38.5 Å². The first-order valence-electron chi connectivity index (χ1n) is 8.22. The Kier molecular flexibility index (Phi) is 3.18. The second-order valence-corrected chi connectivity index (χ2v) is 7.86. The van der Waals surface area contributed by atoms with Crippen LogP contribution in [0.25, 0.3) is 0 Å². The zero-order chi connectivity index (χ0) is 13.7. The minimum atomic E-state index is -0.544. The number of aliphatic carboxylic acids is 1. The monoisotopic (exact) mass is 264 g/mol. The molecule has 0 aromatic rings. The van der Waals surface area contributed by atoms with Crippen molar-refractivity contribution in [3.05, 3.63) is 0 Å². The first-order chi connectivity index (χ1) is 8.98. The molecule has 3 aliphatic carbocycles. The maximum atomic E-state index is 11.8. The van der Waals surface area contributed by atoms with E-state index in [9.17, 15) is 9.90 Å². The highest BCUT2D eigenvalue weighted by atomic mass is 16.4. The molecule has 2 nitrogen and oxygen atoms in total. The van der Waals surface area contributed by atoms with E-state index in [4.69, 9.17) is 0 Å². The Morgan fingerprint density at radius 1 is 1.00 bits per heavy atom. The van der Waals surface area contributed by atoms with Crippen molar-refractivity contribution >= 4 is 5.97 Å². The van der Waals surface area contributed by atoms with Crippen molar-refractivity contribution in [1.82, 2.24) is 0 Å². The maximum absolute atomic E-state index is 11.8. The van der Waals surface area contributed by atoms with Gasteiger partial charge in [0.1, 0.15) is 0 Å². The number of rotatable bonds is 1. The zero-order valence-corrected chi connectivity index (χ0v) is 12.5. The maximum Gasteiger partial charge on any atom is 0.309 e. The molecule has 108 valence electrons. The lowest BCUT2D eigenvalue weighted by molar-refractivity contribution is -0.171. The summed E-state index contributed by atoms with van der Waals surface area (Å²) in [5, 5.41) is 9.75. The lowest BCUT2D eigenvalue weighted by atomic mass is 9.44. The van der Waals surface area contributed by atoms with Crippen molar-refractivity contribution < 1.29 is 9.90 Å². The van der Waals surface area contributed by atoms with Crippen LogP contribution in [0.3, 0.4) is 0 Å². The summed E-state index contributed by atoms with van der Waals surface area (Å²) < 4.78 is 0. The highest BCUT2D eigenvalue weighted by molar-refractivity contribution is 5.75. The van der Waals surface area contributed by atoms with E-state index in [2.05, 4.69) is 6.92 Å².